The van der Waals surface area contributed by atoms with Crippen molar-refractivity contribution in [1.82, 2.24) is 15.5 Å². The fraction of sp³-hybridized carbons (Fsp3) is 0.692. The minimum absolute atomic E-state index is 0.162. The van der Waals surface area contributed by atoms with Crippen molar-refractivity contribution in [1.29, 1.82) is 0 Å². The number of hydrogen-bond donors (Lipinski definition) is 3. The van der Waals surface area contributed by atoms with Crippen LogP contribution in [-0.4, -0.2) is 30.1 Å². The predicted molar refractivity (Wildman–Crippen MR) is 80.4 cm³/mol. The third kappa shape index (κ3) is 4.53. The van der Waals surface area contributed by atoms with Crippen LogP contribution in [0.5, 0.6) is 0 Å². The first kappa shape index (κ1) is 17.6. The van der Waals surface area contributed by atoms with Crippen LogP contribution in [0.4, 0.5) is 0 Å². The summed E-state index contributed by atoms with van der Waals surface area (Å²) in [7, 11) is -4.01. The molecule has 0 saturated carbocycles. The molecule has 7 nitrogen and oxygen atoms in total. The van der Waals surface area contributed by atoms with Crippen LogP contribution >= 0.6 is 0 Å². The van der Waals surface area contributed by atoms with E-state index in [9.17, 15) is 13.2 Å². The van der Waals surface area contributed by atoms with Gasteiger partial charge in [-0.15, -0.1) is 0 Å². The van der Waals surface area contributed by atoms with E-state index in [1.807, 2.05) is 27.7 Å². The van der Waals surface area contributed by atoms with E-state index < -0.39 is 21.5 Å². The highest BCUT2D eigenvalue weighted by atomic mass is 32.2. The quantitative estimate of drug-likeness (QED) is 0.703. The topological polar surface area (TPSA) is 118 Å². The number of aryl methyl sites for hydroxylation is 1. The summed E-state index contributed by atoms with van der Waals surface area (Å²) in [6, 6.07) is 0. The smallest absolute Gasteiger partial charge is 0.273 e. The minimum atomic E-state index is -4.01. The lowest BCUT2D eigenvalue weighted by molar-refractivity contribution is 0.0900. The molecule has 1 aromatic rings. The monoisotopic (exact) mass is 316 g/mol. The number of nitrogens with zero attached hydrogens (tertiary/aromatic N) is 1. The molecule has 0 saturated heterocycles. The molecule has 1 heterocycles. The molecule has 1 amide bonds. The normalized spacial score (nSPS) is 12.4. The van der Waals surface area contributed by atoms with Crippen LogP contribution in [0.2, 0.25) is 0 Å². The summed E-state index contributed by atoms with van der Waals surface area (Å²) in [5.74, 6) is -0.531. The second kappa shape index (κ2) is 6.57. The van der Waals surface area contributed by atoms with Gasteiger partial charge in [0.05, 0.1) is 5.69 Å². The Hall–Kier alpha value is -1.41. The van der Waals surface area contributed by atoms with Crippen LogP contribution in [0.3, 0.4) is 0 Å². The number of carbonyl (C=O) groups excluding carboxylic acids is 1. The number of nitrogens with two attached hydrogens (primary N) is 1. The molecule has 1 aromatic heterocycles. The lowest BCUT2D eigenvalue weighted by Gasteiger charge is -2.25. The summed E-state index contributed by atoms with van der Waals surface area (Å²) in [6.07, 6.45) is 2.85. The van der Waals surface area contributed by atoms with Crippen molar-refractivity contribution in [2.45, 2.75) is 63.8 Å². The highest BCUT2D eigenvalue weighted by Gasteiger charge is 2.29. The average molecular weight is 316 g/mol. The van der Waals surface area contributed by atoms with E-state index in [4.69, 9.17) is 5.14 Å². The van der Waals surface area contributed by atoms with E-state index >= 15 is 0 Å². The van der Waals surface area contributed by atoms with Gasteiger partial charge in [-0.2, -0.15) is 5.10 Å². The van der Waals surface area contributed by atoms with Crippen LogP contribution in [0.15, 0.2) is 4.90 Å². The zero-order valence-electron chi connectivity index (χ0n) is 13.0. The Morgan fingerprint density at radius 2 is 1.95 bits per heavy atom. The fourth-order valence-corrected chi connectivity index (χ4v) is 3.20. The largest absolute Gasteiger partial charge is 0.346 e. The van der Waals surface area contributed by atoms with Gasteiger partial charge in [0.25, 0.3) is 5.91 Å². The van der Waals surface area contributed by atoms with Crippen molar-refractivity contribution >= 4 is 15.9 Å². The molecular weight excluding hydrogens is 292 g/mol. The molecule has 120 valence electrons. The number of aromatic amines is 1. The van der Waals surface area contributed by atoms with E-state index in [0.29, 0.717) is 18.5 Å². The molecule has 0 atom stereocenters. The molecule has 21 heavy (non-hydrogen) atoms. The summed E-state index contributed by atoms with van der Waals surface area (Å²) >= 11 is 0. The first-order valence-electron chi connectivity index (χ1n) is 7.05. The van der Waals surface area contributed by atoms with E-state index in [1.54, 1.807) is 0 Å². The van der Waals surface area contributed by atoms with Crippen molar-refractivity contribution in [3.05, 3.63) is 11.4 Å². The summed E-state index contributed by atoms with van der Waals surface area (Å²) in [5.41, 5.74) is -0.228. The van der Waals surface area contributed by atoms with Gasteiger partial charge >= 0.3 is 0 Å². The summed E-state index contributed by atoms with van der Waals surface area (Å²) in [4.78, 5) is 12.1. The fourth-order valence-electron chi connectivity index (χ4n) is 2.30. The van der Waals surface area contributed by atoms with Crippen LogP contribution in [-0.2, 0) is 16.4 Å². The predicted octanol–water partition coefficient (Wildman–Crippen LogP) is 1.32. The third-order valence-corrected chi connectivity index (χ3v) is 4.13. The van der Waals surface area contributed by atoms with Crippen LogP contribution in [0, 0.1) is 0 Å². The lowest BCUT2D eigenvalue weighted by atomic mass is 9.99. The molecule has 0 aliphatic heterocycles. The van der Waals surface area contributed by atoms with Gasteiger partial charge in [-0.05, 0) is 26.7 Å². The van der Waals surface area contributed by atoms with Gasteiger partial charge < -0.3 is 5.32 Å². The number of hydrogen-bond acceptors (Lipinski definition) is 4. The van der Waals surface area contributed by atoms with Crippen molar-refractivity contribution in [3.8, 4) is 0 Å². The molecule has 0 spiro atoms. The standard InChI is InChI=1S/C13H24N4O3S/c1-5-7-9-11(21(14,19)20)10(17-16-9)12(18)15-13(3,4)8-6-2/h5-8H2,1-4H3,(H,15,18)(H,16,17)(H2,14,19,20). The minimum Gasteiger partial charge on any atom is -0.346 e. The Morgan fingerprint density at radius 3 is 2.43 bits per heavy atom. The van der Waals surface area contributed by atoms with Crippen molar-refractivity contribution in [3.63, 3.8) is 0 Å². The maximum atomic E-state index is 12.3. The van der Waals surface area contributed by atoms with E-state index in [-0.39, 0.29) is 10.6 Å². The number of primary sulfonamides is 1. The number of sulfonamides is 1. The summed E-state index contributed by atoms with van der Waals surface area (Å²) < 4.78 is 23.5. The van der Waals surface area contributed by atoms with Crippen molar-refractivity contribution in [2.75, 3.05) is 0 Å². The Balaban J connectivity index is 3.16. The van der Waals surface area contributed by atoms with Gasteiger partial charge in [0.2, 0.25) is 10.0 Å². The highest BCUT2D eigenvalue weighted by molar-refractivity contribution is 7.89. The molecule has 0 radical (unpaired) electrons. The number of carbonyl (C=O) groups is 1. The van der Waals surface area contributed by atoms with Crippen LogP contribution in [0.25, 0.3) is 0 Å². The van der Waals surface area contributed by atoms with Crippen LogP contribution < -0.4 is 10.5 Å². The molecule has 8 heteroatoms. The number of rotatable bonds is 7. The SMILES string of the molecule is CCCc1[nH]nc(C(=O)NC(C)(C)CCC)c1S(N)(=O)=O. The van der Waals surface area contributed by atoms with E-state index in [2.05, 4.69) is 15.5 Å². The molecule has 0 bridgehead atoms. The van der Waals surface area contributed by atoms with Gasteiger partial charge in [0.1, 0.15) is 4.90 Å². The third-order valence-electron chi connectivity index (χ3n) is 3.12. The van der Waals surface area contributed by atoms with E-state index in [1.165, 1.54) is 0 Å². The van der Waals surface area contributed by atoms with Crippen molar-refractivity contribution < 1.29 is 13.2 Å². The number of nitrogens with one attached hydrogen (secondary N) is 2. The Bertz CT molecular complexity index is 605. The average Bonchev–Trinajstić information content (AvgIpc) is 2.72. The number of H-pyrrole nitrogens is 1. The lowest BCUT2D eigenvalue weighted by Crippen LogP contribution is -2.43. The number of aromatic nitrogens is 2. The van der Waals surface area contributed by atoms with Crippen LogP contribution in [0.1, 0.15) is 63.1 Å². The Labute approximate surface area is 125 Å². The van der Waals surface area contributed by atoms with Gasteiger partial charge in [-0.25, -0.2) is 13.6 Å². The molecule has 0 fully saturated rings. The van der Waals surface area contributed by atoms with Gasteiger partial charge in [-0.3, -0.25) is 9.89 Å². The summed E-state index contributed by atoms with van der Waals surface area (Å²) in [5, 5.41) is 14.5. The first-order chi connectivity index (χ1) is 9.62. The zero-order valence-corrected chi connectivity index (χ0v) is 13.8. The highest BCUT2D eigenvalue weighted by Crippen LogP contribution is 2.20. The van der Waals surface area contributed by atoms with E-state index in [0.717, 1.165) is 12.8 Å². The summed E-state index contributed by atoms with van der Waals surface area (Å²) in [6.45, 7) is 7.67. The maximum Gasteiger partial charge on any atom is 0.273 e. The van der Waals surface area contributed by atoms with Gasteiger partial charge in [-0.1, -0.05) is 26.7 Å². The molecule has 0 aliphatic carbocycles. The zero-order chi connectivity index (χ0) is 16.3. The Morgan fingerprint density at radius 1 is 1.33 bits per heavy atom. The first-order valence-corrected chi connectivity index (χ1v) is 8.59. The second-order valence-electron chi connectivity index (χ2n) is 5.76. The Kier molecular flexibility index (Phi) is 5.52. The molecular formula is C13H24N4O3S. The molecule has 0 unspecified atom stereocenters. The molecule has 1 rings (SSSR count). The van der Waals surface area contributed by atoms with Gasteiger partial charge in [0, 0.05) is 5.54 Å². The second-order valence-corrected chi connectivity index (χ2v) is 7.26. The maximum absolute atomic E-state index is 12.3. The number of amides is 1. The molecule has 0 aliphatic rings. The molecule has 4 N–H and O–H groups in total. The van der Waals surface area contributed by atoms with Gasteiger partial charge in [0.15, 0.2) is 5.69 Å². The molecule has 0 aromatic carbocycles. The van der Waals surface area contributed by atoms with Crippen molar-refractivity contribution in [2.24, 2.45) is 5.14 Å².